The van der Waals surface area contributed by atoms with Gasteiger partial charge in [0.15, 0.2) is 17.3 Å². The molecule has 3 aromatic rings. The van der Waals surface area contributed by atoms with E-state index in [4.69, 9.17) is 9.47 Å². The Morgan fingerprint density at radius 1 is 1.15 bits per heavy atom. The lowest BCUT2D eigenvalue weighted by atomic mass is 10.0. The maximum Gasteiger partial charge on any atom is 0.266 e. The summed E-state index contributed by atoms with van der Waals surface area (Å²) in [7, 11) is 3.26. The largest absolute Gasteiger partial charge is 0.485 e. The zero-order valence-corrected chi connectivity index (χ0v) is 18.5. The Balaban J connectivity index is 1.71. The zero-order valence-electron chi connectivity index (χ0n) is 18.5. The number of likely N-dealkylation sites (N-methyl/N-ethyl adjacent to an activating group) is 1. The minimum atomic E-state index is -2.92. The number of aryl methyl sites for hydroxylation is 1. The van der Waals surface area contributed by atoms with Crippen LogP contribution in [0.1, 0.15) is 36.2 Å². The molecule has 2 heterocycles. The average molecular weight is 460 g/mol. The molecule has 2 unspecified atom stereocenters. The Bertz CT molecular complexity index is 1220. The molecule has 4 rings (SSSR count). The van der Waals surface area contributed by atoms with E-state index in [1.807, 2.05) is 0 Å². The predicted octanol–water partition coefficient (Wildman–Crippen LogP) is 4.42. The first-order chi connectivity index (χ1) is 15.7. The van der Waals surface area contributed by atoms with Gasteiger partial charge in [-0.15, -0.1) is 5.10 Å². The van der Waals surface area contributed by atoms with Gasteiger partial charge < -0.3 is 19.7 Å². The van der Waals surface area contributed by atoms with Gasteiger partial charge in [-0.2, -0.15) is 5.10 Å². The van der Waals surface area contributed by atoms with E-state index in [1.165, 1.54) is 17.0 Å². The van der Waals surface area contributed by atoms with E-state index in [0.717, 1.165) is 11.5 Å². The molecule has 0 aliphatic carbocycles. The number of alkyl halides is 2. The van der Waals surface area contributed by atoms with Gasteiger partial charge in [-0.1, -0.05) is 18.2 Å². The number of hydrogen-bond donors (Lipinski definition) is 1. The van der Waals surface area contributed by atoms with E-state index in [-0.39, 0.29) is 18.1 Å². The van der Waals surface area contributed by atoms with Crippen molar-refractivity contribution < 1.29 is 27.4 Å². The molecule has 1 amide bonds. The van der Waals surface area contributed by atoms with Crippen LogP contribution < -0.4 is 14.8 Å². The molecule has 0 saturated heterocycles. The summed E-state index contributed by atoms with van der Waals surface area (Å²) in [4.78, 5) is 13.7. The van der Waals surface area contributed by atoms with Crippen LogP contribution >= 0.6 is 0 Å². The first-order valence-corrected chi connectivity index (χ1v) is 10.3. The molecule has 0 radical (unpaired) electrons. The summed E-state index contributed by atoms with van der Waals surface area (Å²) in [5.74, 6) is -0.0430. The highest BCUT2D eigenvalue weighted by Crippen LogP contribution is 2.39. The summed E-state index contributed by atoms with van der Waals surface area (Å²) < 4.78 is 52.5. The number of rotatable bonds is 5. The van der Waals surface area contributed by atoms with E-state index in [2.05, 4.69) is 15.5 Å². The molecule has 0 bridgehead atoms. The molecule has 1 aromatic heterocycles. The number of carbonyl (C=O) groups is 1. The van der Waals surface area contributed by atoms with Crippen LogP contribution in [-0.4, -0.2) is 47.8 Å². The lowest BCUT2D eigenvalue weighted by molar-refractivity contribution is -0.138. The predicted molar refractivity (Wildman–Crippen MR) is 116 cm³/mol. The molecule has 33 heavy (non-hydrogen) atoms. The fraction of sp³-hybridized carbons (Fsp3) is 0.348. The summed E-state index contributed by atoms with van der Waals surface area (Å²) in [6, 6.07) is 6.65. The fourth-order valence-corrected chi connectivity index (χ4v) is 3.72. The van der Waals surface area contributed by atoms with E-state index >= 15 is 0 Å². The first-order valence-electron chi connectivity index (χ1n) is 10.3. The molecule has 1 N–H and O–H groups in total. The Labute approximate surface area is 188 Å². The second-order valence-corrected chi connectivity index (χ2v) is 8.05. The Hall–Kier alpha value is -3.56. The van der Waals surface area contributed by atoms with Gasteiger partial charge in [-0.25, -0.2) is 13.2 Å². The summed E-state index contributed by atoms with van der Waals surface area (Å²) in [5, 5.41) is 12.7. The monoisotopic (exact) mass is 460 g/mol. The van der Waals surface area contributed by atoms with Gasteiger partial charge in [0.25, 0.3) is 12.3 Å². The minimum Gasteiger partial charge on any atom is -0.485 e. The molecule has 2 atom stereocenters. The van der Waals surface area contributed by atoms with Crippen molar-refractivity contribution in [1.29, 1.82) is 0 Å². The van der Waals surface area contributed by atoms with Crippen molar-refractivity contribution in [2.24, 2.45) is 0 Å². The summed E-state index contributed by atoms with van der Waals surface area (Å²) in [5.41, 5.74) is 0.0571. The Morgan fingerprint density at radius 2 is 1.85 bits per heavy atom. The number of carbonyl (C=O) groups excluding carboxylic acids is 1. The smallest absolute Gasteiger partial charge is 0.266 e. The van der Waals surface area contributed by atoms with Crippen molar-refractivity contribution in [2.45, 2.75) is 32.4 Å². The average Bonchev–Trinajstić information content (AvgIpc) is 2.78. The van der Waals surface area contributed by atoms with E-state index in [9.17, 15) is 18.0 Å². The highest BCUT2D eigenvalue weighted by atomic mass is 19.3. The topological polar surface area (TPSA) is 76.6 Å². The summed E-state index contributed by atoms with van der Waals surface area (Å²) >= 11 is 0. The molecule has 0 spiro atoms. The van der Waals surface area contributed by atoms with Crippen molar-refractivity contribution in [3.63, 3.8) is 0 Å². The van der Waals surface area contributed by atoms with Crippen molar-refractivity contribution in [3.05, 3.63) is 53.0 Å². The second kappa shape index (κ2) is 8.76. The van der Waals surface area contributed by atoms with Crippen LogP contribution in [0.4, 0.5) is 19.0 Å². The van der Waals surface area contributed by atoms with Gasteiger partial charge in [0.1, 0.15) is 12.4 Å². The molecular formula is C23H23F3N4O3. The van der Waals surface area contributed by atoms with E-state index < -0.39 is 30.0 Å². The molecule has 0 fully saturated rings. The van der Waals surface area contributed by atoms with E-state index in [0.29, 0.717) is 28.4 Å². The molecule has 1 aliphatic rings. The number of aromatic nitrogens is 2. The van der Waals surface area contributed by atoms with Gasteiger partial charge in [0, 0.05) is 30.4 Å². The van der Waals surface area contributed by atoms with Crippen LogP contribution in [0, 0.1) is 12.7 Å². The van der Waals surface area contributed by atoms with Crippen LogP contribution in [-0.2, 0) is 4.79 Å². The highest BCUT2D eigenvalue weighted by Gasteiger charge is 2.30. The zero-order chi connectivity index (χ0) is 23.9. The van der Waals surface area contributed by atoms with Crippen LogP contribution in [0.3, 0.4) is 0 Å². The van der Waals surface area contributed by atoms with Crippen molar-refractivity contribution in [2.75, 3.05) is 26.0 Å². The van der Waals surface area contributed by atoms with Gasteiger partial charge in [-0.05, 0) is 26.0 Å². The molecule has 1 aliphatic heterocycles. The number of nitrogens with one attached hydrogen (secondary N) is 1. The molecule has 2 aromatic carbocycles. The Morgan fingerprint density at radius 3 is 2.55 bits per heavy atom. The number of anilines is 1. The van der Waals surface area contributed by atoms with Crippen LogP contribution in [0.5, 0.6) is 11.5 Å². The number of ether oxygens (including phenoxy) is 2. The van der Waals surface area contributed by atoms with E-state index in [1.54, 1.807) is 40.1 Å². The fourth-order valence-electron chi connectivity index (χ4n) is 3.72. The van der Waals surface area contributed by atoms with Gasteiger partial charge >= 0.3 is 0 Å². The number of amides is 1. The number of nitrogens with zero attached hydrogens (tertiary/aromatic N) is 3. The molecule has 7 nitrogen and oxygen atoms in total. The standard InChI is InChI=1S/C23H23F3N4O3/c1-11(13-6-5-7-14(20(13)24)21(25)26)27-22-16-9-18-17(8-15(16)12(2)28-29-22)32-10-19(33-18)23(31)30(3)4/h5-9,11,19,21H,10H2,1-4H3,(H,27,29). The Kier molecular flexibility index (Phi) is 6.01. The quantitative estimate of drug-likeness (QED) is 0.608. The van der Waals surface area contributed by atoms with Crippen LogP contribution in [0.15, 0.2) is 30.3 Å². The summed E-state index contributed by atoms with van der Waals surface area (Å²) in [6.45, 7) is 3.50. The van der Waals surface area contributed by atoms with Crippen molar-refractivity contribution >= 4 is 22.5 Å². The first kappa shape index (κ1) is 22.6. The van der Waals surface area contributed by atoms with Crippen molar-refractivity contribution in [3.8, 4) is 11.5 Å². The molecule has 0 saturated carbocycles. The maximum atomic E-state index is 14.6. The lowest BCUT2D eigenvalue weighted by Gasteiger charge is -2.28. The third-order valence-corrected chi connectivity index (χ3v) is 5.52. The number of hydrogen-bond acceptors (Lipinski definition) is 6. The van der Waals surface area contributed by atoms with Crippen molar-refractivity contribution in [1.82, 2.24) is 15.1 Å². The van der Waals surface area contributed by atoms with Crippen LogP contribution in [0.2, 0.25) is 0 Å². The number of halogens is 3. The normalized spacial score (nSPS) is 16.1. The minimum absolute atomic E-state index is 0.0783. The van der Waals surface area contributed by atoms with Crippen LogP contribution in [0.25, 0.3) is 10.8 Å². The third-order valence-electron chi connectivity index (χ3n) is 5.52. The molecular weight excluding hydrogens is 437 g/mol. The molecule has 174 valence electrons. The maximum absolute atomic E-state index is 14.6. The molecule has 10 heteroatoms. The third kappa shape index (κ3) is 4.24. The van der Waals surface area contributed by atoms with Gasteiger partial charge in [0.05, 0.1) is 17.3 Å². The lowest BCUT2D eigenvalue weighted by Crippen LogP contribution is -2.43. The SMILES string of the molecule is Cc1nnc(NC(C)c2cccc(C(F)F)c2F)c2cc3c(cc12)OCC(C(=O)N(C)C)O3. The summed E-state index contributed by atoms with van der Waals surface area (Å²) in [6.07, 6.45) is -3.71. The second-order valence-electron chi connectivity index (χ2n) is 8.05. The number of benzene rings is 2. The van der Waals surface area contributed by atoms with Gasteiger partial charge in [-0.3, -0.25) is 4.79 Å². The highest BCUT2D eigenvalue weighted by molar-refractivity contribution is 5.96. The van der Waals surface area contributed by atoms with Gasteiger partial charge in [0.2, 0.25) is 6.10 Å². The number of fused-ring (bicyclic) bond motifs is 2.